The third-order valence-electron chi connectivity index (χ3n) is 2.35. The smallest absolute Gasteiger partial charge is 0.217 e. The van der Waals surface area contributed by atoms with Crippen LogP contribution in [0.4, 0.5) is 11.6 Å². The number of nitrogens with one attached hydrogen (secondary N) is 2. The molecule has 1 aromatic rings. The number of anilines is 2. The van der Waals surface area contributed by atoms with Crippen LogP contribution in [0.25, 0.3) is 0 Å². The highest BCUT2D eigenvalue weighted by atomic mass is 16.1. The number of primary amides is 1. The van der Waals surface area contributed by atoms with Gasteiger partial charge in [0.1, 0.15) is 11.6 Å². The van der Waals surface area contributed by atoms with Gasteiger partial charge in [0.2, 0.25) is 5.91 Å². The van der Waals surface area contributed by atoms with Crippen molar-refractivity contribution in [3.05, 3.63) is 12.4 Å². The first-order chi connectivity index (χ1) is 8.72. The summed E-state index contributed by atoms with van der Waals surface area (Å²) in [5, 5.41) is 6.35. The Morgan fingerprint density at radius 1 is 1.22 bits per heavy atom. The molecule has 0 bridgehead atoms. The van der Waals surface area contributed by atoms with Gasteiger partial charge in [-0.2, -0.15) is 0 Å². The number of carbonyl (C=O) groups excluding carboxylic acids is 1. The number of carbonyl (C=O) groups is 1. The topological polar surface area (TPSA) is 92.9 Å². The van der Waals surface area contributed by atoms with Crippen LogP contribution in [0.5, 0.6) is 0 Å². The fourth-order valence-corrected chi connectivity index (χ4v) is 1.43. The van der Waals surface area contributed by atoms with E-state index in [4.69, 9.17) is 5.73 Å². The van der Waals surface area contributed by atoms with Crippen molar-refractivity contribution in [3.8, 4) is 0 Å². The van der Waals surface area contributed by atoms with Gasteiger partial charge in [-0.05, 0) is 19.3 Å². The van der Waals surface area contributed by atoms with Gasteiger partial charge in [-0.25, -0.2) is 4.98 Å². The molecule has 1 rings (SSSR count). The summed E-state index contributed by atoms with van der Waals surface area (Å²) in [5.74, 6) is 1.27. The van der Waals surface area contributed by atoms with Crippen molar-refractivity contribution in [1.29, 1.82) is 0 Å². The van der Waals surface area contributed by atoms with Crippen molar-refractivity contribution < 1.29 is 4.79 Å². The number of hydrogen-bond donors (Lipinski definition) is 3. The molecular formula is C12H21N5O. The standard InChI is InChI=1S/C12H21N5O/c1-2-6-15-11-8-14-9-12(17-11)16-7-4-3-5-10(13)18/h8-9H,2-7H2,1H3,(H2,13,18)(H2,15,16,17). The van der Waals surface area contributed by atoms with Gasteiger partial charge in [-0.3, -0.25) is 9.78 Å². The molecule has 0 radical (unpaired) electrons. The summed E-state index contributed by atoms with van der Waals surface area (Å²) >= 11 is 0. The number of rotatable bonds is 9. The largest absolute Gasteiger partial charge is 0.370 e. The molecular weight excluding hydrogens is 230 g/mol. The third kappa shape index (κ3) is 6.03. The first kappa shape index (κ1) is 14.2. The average molecular weight is 251 g/mol. The zero-order chi connectivity index (χ0) is 13.2. The van der Waals surface area contributed by atoms with Crippen molar-refractivity contribution >= 4 is 17.5 Å². The van der Waals surface area contributed by atoms with Crippen LogP contribution in [-0.2, 0) is 4.79 Å². The molecule has 0 aliphatic heterocycles. The molecule has 0 spiro atoms. The molecule has 6 nitrogen and oxygen atoms in total. The highest BCUT2D eigenvalue weighted by Crippen LogP contribution is 2.07. The Morgan fingerprint density at radius 2 is 1.89 bits per heavy atom. The van der Waals surface area contributed by atoms with Crippen molar-refractivity contribution in [1.82, 2.24) is 9.97 Å². The van der Waals surface area contributed by atoms with E-state index in [2.05, 4.69) is 27.5 Å². The number of nitrogens with zero attached hydrogens (tertiary/aromatic N) is 2. The molecule has 0 saturated heterocycles. The highest BCUT2D eigenvalue weighted by Gasteiger charge is 1.98. The van der Waals surface area contributed by atoms with Crippen LogP contribution in [0.2, 0.25) is 0 Å². The van der Waals surface area contributed by atoms with Crippen LogP contribution in [0.3, 0.4) is 0 Å². The Morgan fingerprint density at radius 3 is 2.50 bits per heavy atom. The fourth-order valence-electron chi connectivity index (χ4n) is 1.43. The number of hydrogen-bond acceptors (Lipinski definition) is 5. The van der Waals surface area contributed by atoms with Gasteiger partial charge in [-0.15, -0.1) is 0 Å². The second-order valence-corrected chi connectivity index (χ2v) is 4.07. The molecule has 0 aliphatic rings. The molecule has 1 amide bonds. The Kier molecular flexibility index (Phi) is 6.53. The molecule has 1 aromatic heterocycles. The lowest BCUT2D eigenvalue weighted by Gasteiger charge is -2.07. The summed E-state index contributed by atoms with van der Waals surface area (Å²) in [5.41, 5.74) is 5.06. The van der Waals surface area contributed by atoms with Crippen LogP contribution >= 0.6 is 0 Å². The Labute approximate surface area is 107 Å². The van der Waals surface area contributed by atoms with Crippen LogP contribution in [0, 0.1) is 0 Å². The molecule has 100 valence electrons. The molecule has 0 unspecified atom stereocenters. The number of unbranched alkanes of at least 4 members (excludes halogenated alkanes) is 1. The Balaban J connectivity index is 2.26. The van der Waals surface area contributed by atoms with E-state index in [0.717, 1.165) is 44.0 Å². The van der Waals surface area contributed by atoms with Crippen LogP contribution in [0.15, 0.2) is 12.4 Å². The fraction of sp³-hybridized carbons (Fsp3) is 0.583. The van der Waals surface area contributed by atoms with Gasteiger partial charge >= 0.3 is 0 Å². The van der Waals surface area contributed by atoms with Crippen molar-refractivity contribution in [2.45, 2.75) is 32.6 Å². The lowest BCUT2D eigenvalue weighted by Crippen LogP contribution is -2.11. The molecule has 0 atom stereocenters. The van der Waals surface area contributed by atoms with Crippen molar-refractivity contribution in [2.24, 2.45) is 5.73 Å². The first-order valence-corrected chi connectivity index (χ1v) is 6.30. The number of amides is 1. The van der Waals surface area contributed by atoms with Gasteiger partial charge in [0.05, 0.1) is 12.4 Å². The maximum Gasteiger partial charge on any atom is 0.217 e. The average Bonchev–Trinajstić information content (AvgIpc) is 2.36. The van der Waals surface area contributed by atoms with E-state index < -0.39 is 0 Å². The van der Waals surface area contributed by atoms with Gasteiger partial charge in [-0.1, -0.05) is 6.92 Å². The third-order valence-corrected chi connectivity index (χ3v) is 2.35. The van der Waals surface area contributed by atoms with E-state index in [-0.39, 0.29) is 5.91 Å². The van der Waals surface area contributed by atoms with Gasteiger partial charge in [0.25, 0.3) is 0 Å². The van der Waals surface area contributed by atoms with E-state index >= 15 is 0 Å². The van der Waals surface area contributed by atoms with Gasteiger partial charge in [0.15, 0.2) is 0 Å². The highest BCUT2D eigenvalue weighted by molar-refractivity contribution is 5.73. The molecule has 0 aliphatic carbocycles. The lowest BCUT2D eigenvalue weighted by molar-refractivity contribution is -0.118. The van der Waals surface area contributed by atoms with E-state index in [9.17, 15) is 4.79 Å². The van der Waals surface area contributed by atoms with Crippen molar-refractivity contribution in [3.63, 3.8) is 0 Å². The number of aromatic nitrogens is 2. The minimum atomic E-state index is -0.249. The maximum atomic E-state index is 10.5. The minimum absolute atomic E-state index is 0.249. The van der Waals surface area contributed by atoms with E-state index in [1.165, 1.54) is 0 Å². The Hall–Kier alpha value is -1.85. The summed E-state index contributed by atoms with van der Waals surface area (Å²) in [7, 11) is 0. The first-order valence-electron chi connectivity index (χ1n) is 6.30. The Bertz CT molecular complexity index is 369. The summed E-state index contributed by atoms with van der Waals surface area (Å²) in [6.07, 6.45) is 6.55. The maximum absolute atomic E-state index is 10.5. The summed E-state index contributed by atoms with van der Waals surface area (Å²) in [6, 6.07) is 0. The summed E-state index contributed by atoms with van der Waals surface area (Å²) in [4.78, 5) is 19.0. The zero-order valence-electron chi connectivity index (χ0n) is 10.8. The second-order valence-electron chi connectivity index (χ2n) is 4.07. The lowest BCUT2D eigenvalue weighted by atomic mass is 10.2. The van der Waals surface area contributed by atoms with Crippen LogP contribution in [-0.4, -0.2) is 29.0 Å². The number of nitrogens with two attached hydrogens (primary N) is 1. The molecule has 0 fully saturated rings. The summed E-state index contributed by atoms with van der Waals surface area (Å²) < 4.78 is 0. The molecule has 0 aromatic carbocycles. The zero-order valence-corrected chi connectivity index (χ0v) is 10.8. The van der Waals surface area contributed by atoms with E-state index in [1.807, 2.05) is 0 Å². The molecule has 4 N–H and O–H groups in total. The normalized spacial score (nSPS) is 10.1. The van der Waals surface area contributed by atoms with E-state index in [0.29, 0.717) is 6.42 Å². The van der Waals surface area contributed by atoms with E-state index in [1.54, 1.807) is 12.4 Å². The van der Waals surface area contributed by atoms with Gasteiger partial charge in [0, 0.05) is 19.5 Å². The molecule has 18 heavy (non-hydrogen) atoms. The summed E-state index contributed by atoms with van der Waals surface area (Å²) in [6.45, 7) is 3.75. The second kappa shape index (κ2) is 8.27. The quantitative estimate of drug-likeness (QED) is 0.576. The molecule has 0 saturated carbocycles. The van der Waals surface area contributed by atoms with Gasteiger partial charge < -0.3 is 16.4 Å². The minimum Gasteiger partial charge on any atom is -0.370 e. The van der Waals surface area contributed by atoms with Crippen LogP contribution in [0.1, 0.15) is 32.6 Å². The predicted octanol–water partition coefficient (Wildman–Crippen LogP) is 1.37. The van der Waals surface area contributed by atoms with Crippen LogP contribution < -0.4 is 16.4 Å². The molecule has 6 heteroatoms. The SMILES string of the molecule is CCCNc1cncc(NCCCCC(N)=O)n1. The molecule has 1 heterocycles. The predicted molar refractivity (Wildman–Crippen MR) is 72.3 cm³/mol. The monoisotopic (exact) mass is 251 g/mol. The van der Waals surface area contributed by atoms with Crippen molar-refractivity contribution in [2.75, 3.05) is 23.7 Å².